The summed E-state index contributed by atoms with van der Waals surface area (Å²) in [5.74, 6) is 2.08. The Balaban J connectivity index is 2.15. The second-order valence-corrected chi connectivity index (χ2v) is 6.46. The molecule has 0 radical (unpaired) electrons. The van der Waals surface area contributed by atoms with Crippen molar-refractivity contribution in [1.29, 1.82) is 0 Å². The minimum atomic E-state index is -0.754. The van der Waals surface area contributed by atoms with Gasteiger partial charge in [-0.25, -0.2) is 0 Å². The SMILES string of the molecule is CCc1ccc(OCC(O)CNCCS(=O)CC)cc1. The lowest BCUT2D eigenvalue weighted by Crippen LogP contribution is -2.33. The van der Waals surface area contributed by atoms with E-state index in [1.807, 2.05) is 31.2 Å². The molecule has 2 unspecified atom stereocenters. The second-order valence-electron chi connectivity index (χ2n) is 4.60. The van der Waals surface area contributed by atoms with Crippen LogP contribution < -0.4 is 10.1 Å². The number of hydrogen-bond acceptors (Lipinski definition) is 4. The first kappa shape index (κ1) is 17.1. The predicted octanol–water partition coefficient (Wildman–Crippen LogP) is 1.35. The zero-order valence-electron chi connectivity index (χ0n) is 12.3. The van der Waals surface area contributed by atoms with E-state index in [9.17, 15) is 9.32 Å². The van der Waals surface area contributed by atoms with Crippen molar-refractivity contribution < 1.29 is 14.1 Å². The summed E-state index contributed by atoms with van der Waals surface area (Å²) in [7, 11) is -0.754. The number of rotatable bonds is 10. The predicted molar refractivity (Wildman–Crippen MR) is 83.7 cm³/mol. The molecule has 0 aromatic heterocycles. The zero-order valence-corrected chi connectivity index (χ0v) is 13.1. The number of hydrogen-bond donors (Lipinski definition) is 2. The van der Waals surface area contributed by atoms with Crippen LogP contribution in [0.5, 0.6) is 5.75 Å². The number of aliphatic hydroxyl groups is 1. The second kappa shape index (κ2) is 9.91. The molecule has 0 amide bonds. The number of nitrogens with one attached hydrogen (secondary N) is 1. The maximum Gasteiger partial charge on any atom is 0.119 e. The molecule has 1 aromatic carbocycles. The molecular formula is C15H25NO3S. The van der Waals surface area contributed by atoms with Crippen molar-refractivity contribution in [2.24, 2.45) is 0 Å². The molecule has 1 aromatic rings. The van der Waals surface area contributed by atoms with Gasteiger partial charge < -0.3 is 15.2 Å². The van der Waals surface area contributed by atoms with Crippen LogP contribution in [-0.4, -0.2) is 46.6 Å². The summed E-state index contributed by atoms with van der Waals surface area (Å²) in [6, 6.07) is 7.90. The van der Waals surface area contributed by atoms with Crippen LogP contribution in [0.1, 0.15) is 19.4 Å². The van der Waals surface area contributed by atoms with Gasteiger partial charge in [-0.3, -0.25) is 4.21 Å². The zero-order chi connectivity index (χ0) is 14.8. The Morgan fingerprint density at radius 3 is 2.60 bits per heavy atom. The molecule has 0 aliphatic heterocycles. The van der Waals surface area contributed by atoms with Crippen molar-refractivity contribution in [3.8, 4) is 5.75 Å². The van der Waals surface area contributed by atoms with Crippen LogP contribution in [0.3, 0.4) is 0 Å². The molecule has 2 N–H and O–H groups in total. The van der Waals surface area contributed by atoms with Crippen LogP contribution in [0.2, 0.25) is 0 Å². The lowest BCUT2D eigenvalue weighted by atomic mass is 10.2. The summed E-state index contributed by atoms with van der Waals surface area (Å²) in [4.78, 5) is 0. The van der Waals surface area contributed by atoms with E-state index >= 15 is 0 Å². The molecule has 0 aliphatic rings. The molecule has 20 heavy (non-hydrogen) atoms. The number of ether oxygens (including phenoxy) is 1. The van der Waals surface area contributed by atoms with Gasteiger partial charge in [-0.1, -0.05) is 26.0 Å². The maximum absolute atomic E-state index is 11.2. The van der Waals surface area contributed by atoms with Crippen LogP contribution in [0.4, 0.5) is 0 Å². The number of aliphatic hydroxyl groups excluding tert-OH is 1. The van der Waals surface area contributed by atoms with E-state index in [2.05, 4.69) is 12.2 Å². The fourth-order valence-electron chi connectivity index (χ4n) is 1.67. The highest BCUT2D eigenvalue weighted by Gasteiger charge is 2.05. The first-order chi connectivity index (χ1) is 9.65. The maximum atomic E-state index is 11.2. The Morgan fingerprint density at radius 1 is 1.30 bits per heavy atom. The summed E-state index contributed by atoms with van der Waals surface area (Å²) in [5, 5.41) is 12.9. The third kappa shape index (κ3) is 7.03. The molecule has 0 saturated heterocycles. The van der Waals surface area contributed by atoms with Gasteiger partial charge in [-0.2, -0.15) is 0 Å². The van der Waals surface area contributed by atoms with E-state index in [0.717, 1.165) is 12.2 Å². The lowest BCUT2D eigenvalue weighted by Gasteiger charge is -2.13. The Morgan fingerprint density at radius 2 is 2.00 bits per heavy atom. The fourth-order valence-corrected chi connectivity index (χ4v) is 2.33. The molecule has 2 atom stereocenters. The van der Waals surface area contributed by atoms with E-state index in [1.165, 1.54) is 5.56 Å². The van der Waals surface area contributed by atoms with Crippen LogP contribution >= 0.6 is 0 Å². The number of benzene rings is 1. The molecule has 1 rings (SSSR count). The first-order valence-electron chi connectivity index (χ1n) is 7.11. The first-order valence-corrected chi connectivity index (χ1v) is 8.60. The monoisotopic (exact) mass is 299 g/mol. The highest BCUT2D eigenvalue weighted by atomic mass is 32.2. The van der Waals surface area contributed by atoms with E-state index in [4.69, 9.17) is 4.74 Å². The molecule has 0 spiro atoms. The number of aryl methyl sites for hydroxylation is 1. The third-order valence-electron chi connectivity index (χ3n) is 2.98. The summed E-state index contributed by atoms with van der Waals surface area (Å²) in [6.45, 7) is 5.38. The van der Waals surface area contributed by atoms with Crippen LogP contribution in [0.25, 0.3) is 0 Å². The molecule has 5 heteroatoms. The molecule has 0 aliphatic carbocycles. The van der Waals surface area contributed by atoms with Gasteiger partial charge in [0.15, 0.2) is 0 Å². The summed E-state index contributed by atoms with van der Waals surface area (Å²) >= 11 is 0. The minimum absolute atomic E-state index is 0.259. The standard InChI is InChI=1S/C15H25NO3S/c1-3-13-5-7-15(8-6-13)19-12-14(17)11-16-9-10-20(18)4-2/h5-8,14,16-17H,3-4,9-12H2,1-2H3. The van der Waals surface area contributed by atoms with Crippen molar-refractivity contribution in [2.45, 2.75) is 26.4 Å². The average molecular weight is 299 g/mol. The van der Waals surface area contributed by atoms with Crippen LogP contribution in [-0.2, 0) is 17.2 Å². The molecule has 0 bridgehead atoms. The Kier molecular flexibility index (Phi) is 8.49. The van der Waals surface area contributed by atoms with Gasteiger partial charge in [0, 0.05) is 35.4 Å². The van der Waals surface area contributed by atoms with Crippen molar-refractivity contribution in [2.75, 3.05) is 31.2 Å². The minimum Gasteiger partial charge on any atom is -0.491 e. The van der Waals surface area contributed by atoms with Crippen molar-refractivity contribution in [3.63, 3.8) is 0 Å². The van der Waals surface area contributed by atoms with Crippen molar-refractivity contribution >= 4 is 10.8 Å². The smallest absolute Gasteiger partial charge is 0.119 e. The largest absolute Gasteiger partial charge is 0.491 e. The molecule has 0 heterocycles. The molecule has 0 fully saturated rings. The van der Waals surface area contributed by atoms with Gasteiger partial charge in [-0.05, 0) is 24.1 Å². The van der Waals surface area contributed by atoms with Crippen molar-refractivity contribution in [1.82, 2.24) is 5.32 Å². The van der Waals surface area contributed by atoms with Gasteiger partial charge in [0.25, 0.3) is 0 Å². The lowest BCUT2D eigenvalue weighted by molar-refractivity contribution is 0.107. The van der Waals surface area contributed by atoms with Gasteiger partial charge >= 0.3 is 0 Å². The Bertz CT molecular complexity index is 395. The highest BCUT2D eigenvalue weighted by molar-refractivity contribution is 7.84. The summed E-state index contributed by atoms with van der Waals surface area (Å²) in [5.41, 5.74) is 1.27. The van der Waals surface area contributed by atoms with Crippen LogP contribution in [0, 0.1) is 0 Å². The highest BCUT2D eigenvalue weighted by Crippen LogP contribution is 2.12. The third-order valence-corrected chi connectivity index (χ3v) is 4.29. The fraction of sp³-hybridized carbons (Fsp3) is 0.600. The Hall–Kier alpha value is -0.910. The topological polar surface area (TPSA) is 58.6 Å². The molecular weight excluding hydrogens is 274 g/mol. The van der Waals surface area contributed by atoms with Crippen LogP contribution in [0.15, 0.2) is 24.3 Å². The average Bonchev–Trinajstić information content (AvgIpc) is 2.49. The van der Waals surface area contributed by atoms with Gasteiger partial charge in [0.2, 0.25) is 0 Å². The molecule has 114 valence electrons. The van der Waals surface area contributed by atoms with Gasteiger partial charge in [-0.15, -0.1) is 0 Å². The van der Waals surface area contributed by atoms with E-state index in [1.54, 1.807) is 0 Å². The molecule has 4 nitrogen and oxygen atoms in total. The van der Waals surface area contributed by atoms with Gasteiger partial charge in [0.1, 0.15) is 18.5 Å². The Labute approximate surface area is 124 Å². The summed E-state index contributed by atoms with van der Waals surface area (Å²) in [6.07, 6.45) is 0.447. The molecule has 0 saturated carbocycles. The normalized spacial score (nSPS) is 13.9. The van der Waals surface area contributed by atoms with Crippen molar-refractivity contribution in [3.05, 3.63) is 29.8 Å². The quantitative estimate of drug-likeness (QED) is 0.640. The van der Waals surface area contributed by atoms with E-state index in [-0.39, 0.29) is 6.61 Å². The summed E-state index contributed by atoms with van der Waals surface area (Å²) < 4.78 is 16.7. The van der Waals surface area contributed by atoms with E-state index in [0.29, 0.717) is 24.6 Å². The van der Waals surface area contributed by atoms with E-state index < -0.39 is 16.9 Å². The van der Waals surface area contributed by atoms with Gasteiger partial charge in [0.05, 0.1) is 0 Å².